The molecule has 1 unspecified atom stereocenters. The highest BCUT2D eigenvalue weighted by molar-refractivity contribution is 7.22. The van der Waals surface area contributed by atoms with Crippen LogP contribution in [0.2, 0.25) is 0 Å². The van der Waals surface area contributed by atoms with E-state index in [1.807, 2.05) is 25.1 Å². The first-order chi connectivity index (χ1) is 12.2. The molecular weight excluding hydrogens is 338 g/mol. The van der Waals surface area contributed by atoms with Crippen LogP contribution in [0.15, 0.2) is 36.5 Å². The number of hydrogen-bond donors (Lipinski definition) is 1. The van der Waals surface area contributed by atoms with Gasteiger partial charge >= 0.3 is 0 Å². The number of rotatable bonds is 4. The van der Waals surface area contributed by atoms with Gasteiger partial charge in [-0.1, -0.05) is 23.5 Å². The zero-order valence-corrected chi connectivity index (χ0v) is 14.5. The maximum absolute atomic E-state index is 12.4. The topological polar surface area (TPSA) is 73.3 Å². The second kappa shape index (κ2) is 6.78. The molecule has 1 amide bonds. The highest BCUT2D eigenvalue weighted by Gasteiger charge is 2.18. The maximum atomic E-state index is 12.4. The number of anilines is 1. The van der Waals surface area contributed by atoms with E-state index in [0.29, 0.717) is 29.8 Å². The fourth-order valence-electron chi connectivity index (χ4n) is 2.67. The van der Waals surface area contributed by atoms with Gasteiger partial charge in [0.2, 0.25) is 5.88 Å². The summed E-state index contributed by atoms with van der Waals surface area (Å²) in [6.45, 7) is 3.30. The van der Waals surface area contributed by atoms with E-state index < -0.39 is 0 Å². The van der Waals surface area contributed by atoms with Gasteiger partial charge in [0, 0.05) is 18.7 Å². The number of carbonyl (C=O) groups excluding carboxylic acids is 1. The normalized spacial score (nSPS) is 16.9. The summed E-state index contributed by atoms with van der Waals surface area (Å²) in [5.41, 5.74) is 2.47. The first-order valence-electron chi connectivity index (χ1n) is 8.07. The third-order valence-corrected chi connectivity index (χ3v) is 4.95. The van der Waals surface area contributed by atoms with Crippen LogP contribution in [0.25, 0.3) is 10.2 Å². The molecule has 25 heavy (non-hydrogen) atoms. The van der Waals surface area contributed by atoms with E-state index in [-0.39, 0.29) is 12.0 Å². The van der Waals surface area contributed by atoms with Gasteiger partial charge in [-0.15, -0.1) is 0 Å². The van der Waals surface area contributed by atoms with Crippen molar-refractivity contribution in [2.75, 3.05) is 18.5 Å². The van der Waals surface area contributed by atoms with Crippen molar-refractivity contribution >= 4 is 32.6 Å². The second-order valence-electron chi connectivity index (χ2n) is 5.88. The van der Waals surface area contributed by atoms with E-state index in [0.717, 1.165) is 22.2 Å². The molecule has 2 aromatic heterocycles. The van der Waals surface area contributed by atoms with E-state index in [1.54, 1.807) is 12.1 Å². The smallest absolute Gasteiger partial charge is 0.259 e. The summed E-state index contributed by atoms with van der Waals surface area (Å²) in [6, 6.07) is 9.39. The quantitative estimate of drug-likeness (QED) is 0.776. The molecule has 1 N–H and O–H groups in total. The Hall–Kier alpha value is -2.51. The van der Waals surface area contributed by atoms with Crippen LogP contribution in [-0.4, -0.2) is 35.2 Å². The largest absolute Gasteiger partial charge is 0.472 e. The van der Waals surface area contributed by atoms with Gasteiger partial charge in [0.25, 0.3) is 5.91 Å². The Kier molecular flexibility index (Phi) is 4.33. The van der Waals surface area contributed by atoms with Crippen LogP contribution in [-0.2, 0) is 4.74 Å². The minimum Gasteiger partial charge on any atom is -0.472 e. The van der Waals surface area contributed by atoms with Crippen LogP contribution in [0.5, 0.6) is 5.88 Å². The summed E-state index contributed by atoms with van der Waals surface area (Å²) in [5, 5.41) is 3.42. The van der Waals surface area contributed by atoms with Gasteiger partial charge in [-0.25, -0.2) is 9.97 Å². The molecule has 1 fully saturated rings. The molecule has 3 aromatic rings. The standard InChI is InChI=1S/C18H17N3O3S/c1-11-3-2-4-14-16(11)20-18(25-14)21-17(22)12-5-6-15(19-9-12)24-13-7-8-23-10-13/h2-6,9,13H,7-8,10H2,1H3,(H,20,21,22). The molecule has 0 saturated carbocycles. The summed E-state index contributed by atoms with van der Waals surface area (Å²) in [6.07, 6.45) is 2.41. The predicted molar refractivity (Wildman–Crippen MR) is 96.4 cm³/mol. The van der Waals surface area contributed by atoms with Gasteiger partial charge in [0.1, 0.15) is 6.10 Å². The Labute approximate surface area is 148 Å². The van der Waals surface area contributed by atoms with Gasteiger partial charge < -0.3 is 9.47 Å². The van der Waals surface area contributed by atoms with Crippen molar-refractivity contribution in [3.8, 4) is 5.88 Å². The monoisotopic (exact) mass is 355 g/mol. The Bertz CT molecular complexity index is 902. The fourth-order valence-corrected chi connectivity index (χ4v) is 3.61. The maximum Gasteiger partial charge on any atom is 0.259 e. The highest BCUT2D eigenvalue weighted by atomic mass is 32.1. The third kappa shape index (κ3) is 3.47. The number of pyridine rings is 1. The molecule has 1 aliphatic heterocycles. The predicted octanol–water partition coefficient (Wildman–Crippen LogP) is 3.42. The Morgan fingerprint density at radius 3 is 3.00 bits per heavy atom. The minimum atomic E-state index is -0.236. The number of aryl methyl sites for hydroxylation is 1. The van der Waals surface area contributed by atoms with E-state index in [2.05, 4.69) is 15.3 Å². The van der Waals surface area contributed by atoms with E-state index in [4.69, 9.17) is 9.47 Å². The van der Waals surface area contributed by atoms with Crippen molar-refractivity contribution in [1.29, 1.82) is 0 Å². The number of carbonyl (C=O) groups is 1. The molecule has 7 heteroatoms. The number of amides is 1. The number of nitrogens with one attached hydrogen (secondary N) is 1. The van der Waals surface area contributed by atoms with Crippen molar-refractivity contribution in [3.05, 3.63) is 47.7 Å². The van der Waals surface area contributed by atoms with Crippen molar-refractivity contribution in [1.82, 2.24) is 9.97 Å². The Balaban J connectivity index is 1.45. The van der Waals surface area contributed by atoms with Gasteiger partial charge in [0.15, 0.2) is 5.13 Å². The van der Waals surface area contributed by atoms with Crippen LogP contribution in [0.3, 0.4) is 0 Å². The number of aromatic nitrogens is 2. The van der Waals surface area contributed by atoms with Crippen LogP contribution >= 0.6 is 11.3 Å². The van der Waals surface area contributed by atoms with Crippen molar-refractivity contribution in [3.63, 3.8) is 0 Å². The number of thiazole rings is 1. The van der Waals surface area contributed by atoms with Crippen LogP contribution < -0.4 is 10.1 Å². The lowest BCUT2D eigenvalue weighted by Crippen LogP contribution is -2.17. The number of hydrogen-bond acceptors (Lipinski definition) is 6. The number of ether oxygens (including phenoxy) is 2. The van der Waals surface area contributed by atoms with E-state index in [9.17, 15) is 4.79 Å². The molecule has 1 atom stereocenters. The third-order valence-electron chi connectivity index (χ3n) is 4.02. The summed E-state index contributed by atoms with van der Waals surface area (Å²) in [5.74, 6) is 0.266. The minimum absolute atomic E-state index is 0.0400. The van der Waals surface area contributed by atoms with Crippen LogP contribution in [0.1, 0.15) is 22.3 Å². The van der Waals surface area contributed by atoms with Crippen molar-refractivity contribution < 1.29 is 14.3 Å². The molecule has 4 rings (SSSR count). The van der Waals surface area contributed by atoms with Gasteiger partial charge in [-0.05, 0) is 24.6 Å². The van der Waals surface area contributed by atoms with Gasteiger partial charge in [0.05, 0.1) is 29.0 Å². The molecule has 3 heterocycles. The average molecular weight is 355 g/mol. The van der Waals surface area contributed by atoms with E-state index >= 15 is 0 Å². The number of para-hydroxylation sites is 1. The van der Waals surface area contributed by atoms with E-state index in [1.165, 1.54) is 17.5 Å². The van der Waals surface area contributed by atoms with Crippen molar-refractivity contribution in [2.45, 2.75) is 19.4 Å². The molecule has 128 valence electrons. The lowest BCUT2D eigenvalue weighted by atomic mass is 10.2. The lowest BCUT2D eigenvalue weighted by molar-refractivity contribution is 0.102. The summed E-state index contributed by atoms with van der Waals surface area (Å²) >= 11 is 1.46. The highest BCUT2D eigenvalue weighted by Crippen LogP contribution is 2.28. The molecule has 0 aliphatic carbocycles. The second-order valence-corrected chi connectivity index (χ2v) is 6.91. The van der Waals surface area contributed by atoms with Crippen LogP contribution in [0, 0.1) is 6.92 Å². The Morgan fingerprint density at radius 1 is 1.36 bits per heavy atom. The number of benzene rings is 1. The van der Waals surface area contributed by atoms with Crippen molar-refractivity contribution in [2.24, 2.45) is 0 Å². The zero-order chi connectivity index (χ0) is 17.2. The van der Waals surface area contributed by atoms with Gasteiger partial charge in [-0.3, -0.25) is 10.1 Å². The molecule has 1 aromatic carbocycles. The molecule has 0 bridgehead atoms. The molecule has 6 nitrogen and oxygen atoms in total. The summed E-state index contributed by atoms with van der Waals surface area (Å²) in [7, 11) is 0. The molecule has 0 spiro atoms. The van der Waals surface area contributed by atoms with Crippen LogP contribution in [0.4, 0.5) is 5.13 Å². The molecule has 0 radical (unpaired) electrons. The average Bonchev–Trinajstić information content (AvgIpc) is 3.25. The summed E-state index contributed by atoms with van der Waals surface area (Å²) < 4.78 is 12.0. The fraction of sp³-hybridized carbons (Fsp3) is 0.278. The zero-order valence-electron chi connectivity index (χ0n) is 13.7. The lowest BCUT2D eigenvalue weighted by Gasteiger charge is -2.10. The SMILES string of the molecule is Cc1cccc2sc(NC(=O)c3ccc(OC4CCOC4)nc3)nc12. The first-order valence-corrected chi connectivity index (χ1v) is 8.88. The van der Waals surface area contributed by atoms with Gasteiger partial charge in [-0.2, -0.15) is 0 Å². The molecular formula is C18H17N3O3S. The number of fused-ring (bicyclic) bond motifs is 1. The number of nitrogens with zero attached hydrogens (tertiary/aromatic N) is 2. The first kappa shape index (κ1) is 16.0. The summed E-state index contributed by atoms with van der Waals surface area (Å²) in [4.78, 5) is 21.1. The Morgan fingerprint density at radius 2 is 2.28 bits per heavy atom. The molecule has 1 saturated heterocycles. The molecule has 1 aliphatic rings.